The molecule has 0 spiro atoms. The third kappa shape index (κ3) is 3.32. The Labute approximate surface area is 129 Å². The number of rotatable bonds is 2. The van der Waals surface area contributed by atoms with Gasteiger partial charge < -0.3 is 20.7 Å². The third-order valence-corrected chi connectivity index (χ3v) is 4.10. The molecule has 3 amide bonds. The first-order valence-corrected chi connectivity index (χ1v) is 7.80. The maximum atomic E-state index is 12.2. The Bertz CT molecular complexity index is 561. The first kappa shape index (κ1) is 14.7. The van der Waals surface area contributed by atoms with E-state index in [1.807, 2.05) is 24.3 Å². The fourth-order valence-corrected chi connectivity index (χ4v) is 2.93. The minimum atomic E-state index is -0.447. The van der Waals surface area contributed by atoms with Crippen LogP contribution in [-0.4, -0.2) is 31.1 Å². The number of fused-ring (bicyclic) bond motifs is 1. The maximum Gasteiger partial charge on any atom is 0.315 e. The van der Waals surface area contributed by atoms with Crippen molar-refractivity contribution in [1.29, 1.82) is 0 Å². The Balaban J connectivity index is 1.61. The quantitative estimate of drug-likeness (QED) is 0.774. The highest BCUT2D eigenvalue weighted by molar-refractivity contribution is 5.87. The number of ether oxygens (including phenoxy) is 1. The van der Waals surface area contributed by atoms with Crippen LogP contribution in [0.5, 0.6) is 5.75 Å². The molecule has 118 valence electrons. The zero-order valence-electron chi connectivity index (χ0n) is 12.4. The summed E-state index contributed by atoms with van der Waals surface area (Å²) in [6.07, 6.45) is 3.30. The second kappa shape index (κ2) is 6.68. The summed E-state index contributed by atoms with van der Waals surface area (Å²) < 4.78 is 5.58. The van der Waals surface area contributed by atoms with E-state index in [-0.39, 0.29) is 18.0 Å². The zero-order chi connectivity index (χ0) is 15.4. The fraction of sp³-hybridized carbons (Fsp3) is 0.500. The number of benzene rings is 1. The lowest BCUT2D eigenvalue weighted by atomic mass is 10.0. The van der Waals surface area contributed by atoms with Crippen molar-refractivity contribution < 1.29 is 14.3 Å². The number of amides is 3. The molecule has 22 heavy (non-hydrogen) atoms. The first-order valence-electron chi connectivity index (χ1n) is 7.80. The second-order valence-electron chi connectivity index (χ2n) is 5.68. The van der Waals surface area contributed by atoms with Crippen molar-refractivity contribution >= 4 is 11.9 Å². The van der Waals surface area contributed by atoms with Crippen molar-refractivity contribution in [1.82, 2.24) is 16.0 Å². The molecule has 2 heterocycles. The van der Waals surface area contributed by atoms with Crippen molar-refractivity contribution in [3.05, 3.63) is 29.8 Å². The van der Waals surface area contributed by atoms with E-state index < -0.39 is 6.04 Å². The Morgan fingerprint density at radius 1 is 1.14 bits per heavy atom. The van der Waals surface area contributed by atoms with Gasteiger partial charge in [0.1, 0.15) is 11.8 Å². The van der Waals surface area contributed by atoms with Gasteiger partial charge in [0.05, 0.1) is 12.6 Å². The van der Waals surface area contributed by atoms with Crippen LogP contribution in [0.25, 0.3) is 0 Å². The highest BCUT2D eigenvalue weighted by Crippen LogP contribution is 2.31. The summed E-state index contributed by atoms with van der Waals surface area (Å²) >= 11 is 0. The smallest absolute Gasteiger partial charge is 0.315 e. The van der Waals surface area contributed by atoms with Crippen LogP contribution in [0.4, 0.5) is 4.79 Å². The molecule has 1 aromatic carbocycles. The minimum Gasteiger partial charge on any atom is -0.493 e. The molecule has 0 saturated carbocycles. The highest BCUT2D eigenvalue weighted by atomic mass is 16.5. The average molecular weight is 303 g/mol. The van der Waals surface area contributed by atoms with Gasteiger partial charge in [0.15, 0.2) is 0 Å². The molecule has 3 rings (SSSR count). The molecule has 0 aromatic heterocycles. The van der Waals surface area contributed by atoms with Gasteiger partial charge >= 0.3 is 6.03 Å². The molecular formula is C16H21N3O3. The number of nitrogens with one attached hydrogen (secondary N) is 3. The molecule has 0 unspecified atom stereocenters. The Morgan fingerprint density at radius 2 is 1.95 bits per heavy atom. The van der Waals surface area contributed by atoms with Crippen LogP contribution >= 0.6 is 0 Å². The number of hydrogen-bond acceptors (Lipinski definition) is 3. The van der Waals surface area contributed by atoms with Crippen LogP contribution in [0, 0.1) is 0 Å². The Morgan fingerprint density at radius 3 is 2.86 bits per heavy atom. The molecule has 3 N–H and O–H groups in total. The fourth-order valence-electron chi connectivity index (χ4n) is 2.93. The average Bonchev–Trinajstić information content (AvgIpc) is 2.73. The summed E-state index contributed by atoms with van der Waals surface area (Å²) in [5.41, 5.74) is 0.981. The standard InChI is InChI=1S/C16H21N3O3/c20-15-13(6-3-4-9-17-15)19-16(21)18-12-8-10-22-14-7-2-1-5-11(12)14/h1-2,5,7,12-13H,3-4,6,8-10H2,(H,17,20)(H2,18,19,21)/t12-,13+/m1/s1. The SMILES string of the molecule is O=C(N[C@H]1CCCCNC1=O)N[C@@H]1CCOc2ccccc21. The summed E-state index contributed by atoms with van der Waals surface area (Å²) in [6, 6.07) is 6.87. The van der Waals surface area contributed by atoms with Crippen molar-refractivity contribution in [2.75, 3.05) is 13.2 Å². The van der Waals surface area contributed by atoms with Gasteiger partial charge in [0.2, 0.25) is 5.91 Å². The molecule has 6 heteroatoms. The number of para-hydroxylation sites is 1. The van der Waals surface area contributed by atoms with Crippen LogP contribution < -0.4 is 20.7 Å². The molecule has 1 fully saturated rings. The van der Waals surface area contributed by atoms with E-state index in [9.17, 15) is 9.59 Å². The van der Waals surface area contributed by atoms with E-state index in [0.29, 0.717) is 19.6 Å². The predicted octanol–water partition coefficient (Wildman–Crippen LogP) is 1.48. The summed E-state index contributed by atoms with van der Waals surface area (Å²) in [5.74, 6) is 0.714. The van der Waals surface area contributed by atoms with Crippen LogP contribution in [0.1, 0.15) is 37.3 Å². The summed E-state index contributed by atoms with van der Waals surface area (Å²) in [7, 11) is 0. The lowest BCUT2D eigenvalue weighted by Gasteiger charge is -2.27. The summed E-state index contributed by atoms with van der Waals surface area (Å²) in [4.78, 5) is 24.1. The number of carbonyl (C=O) groups is 2. The Hall–Kier alpha value is -2.24. The molecular weight excluding hydrogens is 282 g/mol. The molecule has 0 radical (unpaired) electrons. The van der Waals surface area contributed by atoms with E-state index in [4.69, 9.17) is 4.74 Å². The van der Waals surface area contributed by atoms with Gasteiger partial charge in [-0.3, -0.25) is 4.79 Å². The van der Waals surface area contributed by atoms with E-state index in [1.54, 1.807) is 0 Å². The van der Waals surface area contributed by atoms with Gasteiger partial charge in [-0.1, -0.05) is 18.2 Å². The van der Waals surface area contributed by atoms with Crippen LogP contribution in [0.15, 0.2) is 24.3 Å². The molecule has 1 aromatic rings. The molecule has 1 saturated heterocycles. The molecule has 2 atom stereocenters. The zero-order valence-corrected chi connectivity index (χ0v) is 12.4. The second-order valence-corrected chi connectivity index (χ2v) is 5.68. The van der Waals surface area contributed by atoms with Gasteiger partial charge in [0.25, 0.3) is 0 Å². The van der Waals surface area contributed by atoms with Crippen LogP contribution in [-0.2, 0) is 4.79 Å². The highest BCUT2D eigenvalue weighted by Gasteiger charge is 2.26. The van der Waals surface area contributed by atoms with E-state index in [1.165, 1.54) is 0 Å². The minimum absolute atomic E-state index is 0.0845. The molecule has 2 aliphatic rings. The normalized spacial score (nSPS) is 24.3. The number of urea groups is 1. The third-order valence-electron chi connectivity index (χ3n) is 4.10. The van der Waals surface area contributed by atoms with Gasteiger partial charge in [-0.15, -0.1) is 0 Å². The molecule has 6 nitrogen and oxygen atoms in total. The maximum absolute atomic E-state index is 12.2. The van der Waals surface area contributed by atoms with Gasteiger partial charge in [-0.25, -0.2) is 4.79 Å². The van der Waals surface area contributed by atoms with E-state index >= 15 is 0 Å². The molecule has 2 aliphatic heterocycles. The van der Waals surface area contributed by atoms with Crippen molar-refractivity contribution in [2.24, 2.45) is 0 Å². The first-order chi connectivity index (χ1) is 10.7. The summed E-state index contributed by atoms with van der Waals surface area (Å²) in [5, 5.41) is 8.55. The molecule has 0 bridgehead atoms. The van der Waals surface area contributed by atoms with Crippen molar-refractivity contribution in [3.8, 4) is 5.75 Å². The van der Waals surface area contributed by atoms with Gasteiger partial charge in [0, 0.05) is 18.5 Å². The van der Waals surface area contributed by atoms with Gasteiger partial charge in [-0.2, -0.15) is 0 Å². The lowest BCUT2D eigenvalue weighted by Crippen LogP contribution is -2.50. The van der Waals surface area contributed by atoms with Crippen LogP contribution in [0.3, 0.4) is 0 Å². The van der Waals surface area contributed by atoms with Crippen LogP contribution in [0.2, 0.25) is 0 Å². The summed E-state index contributed by atoms with van der Waals surface area (Å²) in [6.45, 7) is 1.26. The lowest BCUT2D eigenvalue weighted by molar-refractivity contribution is -0.122. The number of hydrogen-bond donors (Lipinski definition) is 3. The van der Waals surface area contributed by atoms with Crippen molar-refractivity contribution in [3.63, 3.8) is 0 Å². The van der Waals surface area contributed by atoms with E-state index in [2.05, 4.69) is 16.0 Å². The Kier molecular flexibility index (Phi) is 4.46. The van der Waals surface area contributed by atoms with Crippen molar-refractivity contribution in [2.45, 2.75) is 37.8 Å². The van der Waals surface area contributed by atoms with Gasteiger partial charge in [-0.05, 0) is 25.3 Å². The van der Waals surface area contributed by atoms with E-state index in [0.717, 1.165) is 30.6 Å². The monoisotopic (exact) mass is 303 g/mol. The predicted molar refractivity (Wildman–Crippen MR) is 81.6 cm³/mol. The largest absolute Gasteiger partial charge is 0.493 e. The molecule has 0 aliphatic carbocycles. The number of carbonyl (C=O) groups excluding carboxylic acids is 2. The topological polar surface area (TPSA) is 79.5 Å².